The van der Waals surface area contributed by atoms with Crippen LogP contribution in [-0.4, -0.2) is 26.7 Å². The second-order valence-electron chi connectivity index (χ2n) is 4.22. The zero-order valence-corrected chi connectivity index (χ0v) is 11.5. The Balaban J connectivity index is 2.65. The summed E-state index contributed by atoms with van der Waals surface area (Å²) in [5.74, 6) is 0. The van der Waals surface area contributed by atoms with Gasteiger partial charge in [0.05, 0.1) is 4.90 Å². The van der Waals surface area contributed by atoms with E-state index in [4.69, 9.17) is 5.11 Å². The summed E-state index contributed by atoms with van der Waals surface area (Å²) < 4.78 is 26.3. The maximum absolute atomic E-state index is 11.9. The van der Waals surface area contributed by atoms with Gasteiger partial charge in [-0.25, -0.2) is 13.1 Å². The molecule has 0 radical (unpaired) electrons. The molecule has 0 heterocycles. The van der Waals surface area contributed by atoms with Crippen LogP contribution in [0.3, 0.4) is 0 Å². The Bertz CT molecular complexity index is 440. The Kier molecular flexibility index (Phi) is 6.32. The van der Waals surface area contributed by atoms with Crippen LogP contribution in [0.15, 0.2) is 29.2 Å². The van der Waals surface area contributed by atoms with Crippen molar-refractivity contribution in [2.24, 2.45) is 0 Å². The molecule has 0 atom stereocenters. The van der Waals surface area contributed by atoms with Gasteiger partial charge in [-0.15, -0.1) is 0 Å². The van der Waals surface area contributed by atoms with Crippen LogP contribution >= 0.6 is 0 Å². The summed E-state index contributed by atoms with van der Waals surface area (Å²) in [4.78, 5) is 0.298. The predicted molar refractivity (Wildman–Crippen MR) is 71.9 cm³/mol. The lowest BCUT2D eigenvalue weighted by atomic mass is 10.1. The molecule has 0 saturated heterocycles. The van der Waals surface area contributed by atoms with Crippen LogP contribution in [0, 0.1) is 0 Å². The molecule has 4 nitrogen and oxygen atoms in total. The van der Waals surface area contributed by atoms with E-state index in [2.05, 4.69) is 4.72 Å². The second kappa shape index (κ2) is 7.51. The molecule has 0 aliphatic rings. The number of aliphatic hydroxyl groups is 1. The molecule has 5 heteroatoms. The standard InChI is InChI=1S/C13H21NO3S/c1-2-3-10-14-18(16,17)13-8-6-12(7-9-13)5-4-11-15/h6-9,14-15H,2-5,10-11H2,1H3. The van der Waals surface area contributed by atoms with Crippen molar-refractivity contribution in [3.63, 3.8) is 0 Å². The smallest absolute Gasteiger partial charge is 0.240 e. The average Bonchev–Trinajstić information content (AvgIpc) is 2.37. The maximum Gasteiger partial charge on any atom is 0.240 e. The third-order valence-electron chi connectivity index (χ3n) is 2.68. The third kappa shape index (κ3) is 4.76. The van der Waals surface area contributed by atoms with Crippen molar-refractivity contribution >= 4 is 10.0 Å². The van der Waals surface area contributed by atoms with E-state index < -0.39 is 10.0 Å². The van der Waals surface area contributed by atoms with Crippen LogP contribution in [0.5, 0.6) is 0 Å². The molecule has 0 aliphatic carbocycles. The molecule has 18 heavy (non-hydrogen) atoms. The molecule has 0 aliphatic heterocycles. The quantitative estimate of drug-likeness (QED) is 0.707. The van der Waals surface area contributed by atoms with Crippen LogP contribution in [0.25, 0.3) is 0 Å². The Morgan fingerprint density at radius 2 is 1.83 bits per heavy atom. The Morgan fingerprint density at radius 1 is 1.17 bits per heavy atom. The molecule has 0 saturated carbocycles. The molecule has 1 aromatic carbocycles. The van der Waals surface area contributed by atoms with E-state index in [0.29, 0.717) is 17.9 Å². The highest BCUT2D eigenvalue weighted by Gasteiger charge is 2.12. The molecule has 0 amide bonds. The van der Waals surface area contributed by atoms with Crippen LogP contribution in [0.1, 0.15) is 31.7 Å². The van der Waals surface area contributed by atoms with Crippen LogP contribution in [-0.2, 0) is 16.4 Å². The SMILES string of the molecule is CCCCNS(=O)(=O)c1ccc(CCCO)cc1. The lowest BCUT2D eigenvalue weighted by Crippen LogP contribution is -2.24. The number of hydrogen-bond acceptors (Lipinski definition) is 3. The fourth-order valence-electron chi connectivity index (χ4n) is 1.59. The van der Waals surface area contributed by atoms with Gasteiger partial charge in [0.2, 0.25) is 10.0 Å². The van der Waals surface area contributed by atoms with Crippen LogP contribution in [0.4, 0.5) is 0 Å². The molecule has 1 rings (SSSR count). The first-order valence-electron chi connectivity index (χ1n) is 6.29. The number of rotatable bonds is 8. The number of nitrogens with one attached hydrogen (secondary N) is 1. The molecule has 1 aromatic rings. The summed E-state index contributed by atoms with van der Waals surface area (Å²) in [5, 5.41) is 8.73. The lowest BCUT2D eigenvalue weighted by molar-refractivity contribution is 0.288. The van der Waals surface area contributed by atoms with Gasteiger partial charge < -0.3 is 5.11 Å². The van der Waals surface area contributed by atoms with Gasteiger partial charge in [-0.3, -0.25) is 0 Å². The summed E-state index contributed by atoms with van der Waals surface area (Å²) in [6, 6.07) is 6.82. The summed E-state index contributed by atoms with van der Waals surface area (Å²) in [6.07, 6.45) is 3.26. The fourth-order valence-corrected chi connectivity index (χ4v) is 2.66. The van der Waals surface area contributed by atoms with Gasteiger partial charge in [0.25, 0.3) is 0 Å². The average molecular weight is 271 g/mol. The summed E-state index contributed by atoms with van der Waals surface area (Å²) in [7, 11) is -3.37. The van der Waals surface area contributed by atoms with Gasteiger partial charge in [0.1, 0.15) is 0 Å². The Morgan fingerprint density at radius 3 is 2.39 bits per heavy atom. The van der Waals surface area contributed by atoms with Gasteiger partial charge >= 0.3 is 0 Å². The van der Waals surface area contributed by atoms with E-state index in [1.807, 2.05) is 6.92 Å². The van der Waals surface area contributed by atoms with E-state index in [-0.39, 0.29) is 6.61 Å². The van der Waals surface area contributed by atoms with E-state index in [9.17, 15) is 8.42 Å². The summed E-state index contributed by atoms with van der Waals surface area (Å²) >= 11 is 0. The highest BCUT2D eigenvalue weighted by molar-refractivity contribution is 7.89. The minimum Gasteiger partial charge on any atom is -0.396 e. The number of unbranched alkanes of at least 4 members (excludes halogenated alkanes) is 1. The van der Waals surface area contributed by atoms with E-state index in [1.165, 1.54) is 0 Å². The van der Waals surface area contributed by atoms with Gasteiger partial charge in [-0.1, -0.05) is 25.5 Å². The van der Waals surface area contributed by atoms with Crippen LogP contribution in [0.2, 0.25) is 0 Å². The van der Waals surface area contributed by atoms with Crippen molar-refractivity contribution in [2.75, 3.05) is 13.2 Å². The predicted octanol–water partition coefficient (Wildman–Crippen LogP) is 1.69. The van der Waals surface area contributed by atoms with Crippen molar-refractivity contribution < 1.29 is 13.5 Å². The first-order chi connectivity index (χ1) is 8.60. The van der Waals surface area contributed by atoms with Crippen molar-refractivity contribution in [1.82, 2.24) is 4.72 Å². The van der Waals surface area contributed by atoms with E-state index >= 15 is 0 Å². The molecule has 0 unspecified atom stereocenters. The minimum absolute atomic E-state index is 0.151. The molecule has 0 fully saturated rings. The van der Waals surface area contributed by atoms with E-state index in [1.54, 1.807) is 24.3 Å². The molecule has 2 N–H and O–H groups in total. The second-order valence-corrected chi connectivity index (χ2v) is 5.99. The minimum atomic E-state index is -3.37. The summed E-state index contributed by atoms with van der Waals surface area (Å²) in [5.41, 5.74) is 1.04. The largest absolute Gasteiger partial charge is 0.396 e. The number of sulfonamides is 1. The third-order valence-corrected chi connectivity index (χ3v) is 4.16. The normalized spacial score (nSPS) is 11.7. The first kappa shape index (κ1) is 15.1. The van der Waals surface area contributed by atoms with Crippen molar-refractivity contribution in [1.29, 1.82) is 0 Å². The Hall–Kier alpha value is -0.910. The number of aryl methyl sites for hydroxylation is 1. The van der Waals surface area contributed by atoms with Gasteiger partial charge in [0, 0.05) is 13.2 Å². The molecule has 0 bridgehead atoms. The molecular weight excluding hydrogens is 250 g/mol. The molecular formula is C13H21NO3S. The fraction of sp³-hybridized carbons (Fsp3) is 0.538. The topological polar surface area (TPSA) is 66.4 Å². The van der Waals surface area contributed by atoms with Crippen molar-refractivity contribution in [3.8, 4) is 0 Å². The zero-order valence-electron chi connectivity index (χ0n) is 10.7. The number of aliphatic hydroxyl groups excluding tert-OH is 1. The molecule has 102 valence electrons. The zero-order chi connectivity index (χ0) is 13.4. The molecule has 0 spiro atoms. The molecule has 0 aromatic heterocycles. The highest BCUT2D eigenvalue weighted by Crippen LogP contribution is 2.11. The summed E-state index contributed by atoms with van der Waals surface area (Å²) in [6.45, 7) is 2.65. The highest BCUT2D eigenvalue weighted by atomic mass is 32.2. The lowest BCUT2D eigenvalue weighted by Gasteiger charge is -2.07. The maximum atomic E-state index is 11.9. The first-order valence-corrected chi connectivity index (χ1v) is 7.78. The number of hydrogen-bond donors (Lipinski definition) is 2. The van der Waals surface area contributed by atoms with Crippen molar-refractivity contribution in [2.45, 2.75) is 37.5 Å². The van der Waals surface area contributed by atoms with Crippen LogP contribution < -0.4 is 4.72 Å². The number of benzene rings is 1. The van der Waals surface area contributed by atoms with E-state index in [0.717, 1.165) is 24.8 Å². The Labute approximate surface area is 109 Å². The monoisotopic (exact) mass is 271 g/mol. The van der Waals surface area contributed by atoms with Gasteiger partial charge in [-0.2, -0.15) is 0 Å². The van der Waals surface area contributed by atoms with Gasteiger partial charge in [0.15, 0.2) is 0 Å². The van der Waals surface area contributed by atoms with Gasteiger partial charge in [-0.05, 0) is 37.0 Å². The van der Waals surface area contributed by atoms with Crippen molar-refractivity contribution in [3.05, 3.63) is 29.8 Å².